The summed E-state index contributed by atoms with van der Waals surface area (Å²) in [5.74, 6) is -1.10. The molecule has 0 aliphatic rings. The Morgan fingerprint density at radius 3 is 2.61 bits per heavy atom. The monoisotopic (exact) mass is 247 g/mol. The van der Waals surface area contributed by atoms with Crippen LogP contribution in [-0.4, -0.2) is 23.0 Å². The van der Waals surface area contributed by atoms with E-state index >= 15 is 0 Å². The van der Waals surface area contributed by atoms with Crippen molar-refractivity contribution in [1.29, 1.82) is 0 Å². The van der Waals surface area contributed by atoms with Gasteiger partial charge in [-0.15, -0.1) is 0 Å². The molecule has 0 aromatic heterocycles. The van der Waals surface area contributed by atoms with Gasteiger partial charge in [-0.3, -0.25) is 4.79 Å². The lowest BCUT2D eigenvalue weighted by atomic mass is 10.1. The Labute approximate surface area is 106 Å². The summed E-state index contributed by atoms with van der Waals surface area (Å²) in [6.07, 6.45) is 3.56. The lowest BCUT2D eigenvalue weighted by Crippen LogP contribution is -2.31. The molecule has 2 N–H and O–H groups in total. The maximum atomic E-state index is 11.6. The van der Waals surface area contributed by atoms with Gasteiger partial charge in [0.05, 0.1) is 0 Å². The topological polar surface area (TPSA) is 66.4 Å². The van der Waals surface area contributed by atoms with Gasteiger partial charge in [0.2, 0.25) is 5.91 Å². The van der Waals surface area contributed by atoms with Crippen LogP contribution in [0.2, 0.25) is 0 Å². The zero-order valence-electron chi connectivity index (χ0n) is 10.3. The van der Waals surface area contributed by atoms with Gasteiger partial charge >= 0.3 is 5.97 Å². The Hall–Kier alpha value is -2.10. The maximum Gasteiger partial charge on any atom is 0.328 e. The second kappa shape index (κ2) is 7.27. The minimum Gasteiger partial charge on any atom is -0.478 e. The highest BCUT2D eigenvalue weighted by Gasteiger charge is 2.05. The number of carbonyl (C=O) groups is 2. The Balaban J connectivity index is 2.31. The highest BCUT2D eigenvalue weighted by Crippen LogP contribution is 2.02. The number of hydrogen-bond acceptors (Lipinski definition) is 2. The molecule has 0 bridgehead atoms. The number of carboxylic acids is 1. The van der Waals surface area contributed by atoms with Crippen molar-refractivity contribution in [1.82, 2.24) is 5.32 Å². The Morgan fingerprint density at radius 1 is 1.33 bits per heavy atom. The molecule has 18 heavy (non-hydrogen) atoms. The van der Waals surface area contributed by atoms with E-state index in [1.54, 1.807) is 6.92 Å². The molecule has 96 valence electrons. The molecule has 1 aromatic rings. The quantitative estimate of drug-likeness (QED) is 0.753. The molecule has 1 rings (SSSR count). The Morgan fingerprint density at radius 2 is 2.00 bits per heavy atom. The van der Waals surface area contributed by atoms with Crippen molar-refractivity contribution in [3.63, 3.8) is 0 Å². The van der Waals surface area contributed by atoms with Crippen molar-refractivity contribution in [2.45, 2.75) is 25.8 Å². The van der Waals surface area contributed by atoms with Crippen LogP contribution < -0.4 is 5.32 Å². The van der Waals surface area contributed by atoms with E-state index in [1.165, 1.54) is 6.08 Å². The van der Waals surface area contributed by atoms with Crippen LogP contribution in [0.1, 0.15) is 18.9 Å². The van der Waals surface area contributed by atoms with Crippen molar-refractivity contribution < 1.29 is 14.7 Å². The van der Waals surface area contributed by atoms with Crippen LogP contribution in [0.15, 0.2) is 42.5 Å². The molecule has 4 heteroatoms. The van der Waals surface area contributed by atoms with E-state index in [4.69, 9.17) is 5.11 Å². The first-order valence-corrected chi connectivity index (χ1v) is 5.82. The van der Waals surface area contributed by atoms with Crippen molar-refractivity contribution in [3.8, 4) is 0 Å². The number of nitrogens with one attached hydrogen (secondary N) is 1. The van der Waals surface area contributed by atoms with Crippen LogP contribution in [0, 0.1) is 0 Å². The van der Waals surface area contributed by atoms with Crippen LogP contribution in [0.3, 0.4) is 0 Å². The summed E-state index contributed by atoms with van der Waals surface area (Å²) in [5, 5.41) is 11.2. The molecule has 0 saturated heterocycles. The maximum absolute atomic E-state index is 11.6. The number of rotatable bonds is 6. The summed E-state index contributed by atoms with van der Waals surface area (Å²) >= 11 is 0. The average Bonchev–Trinajstić information content (AvgIpc) is 2.35. The summed E-state index contributed by atoms with van der Waals surface area (Å²) in [7, 11) is 0. The second-order valence-electron chi connectivity index (χ2n) is 4.04. The lowest BCUT2D eigenvalue weighted by molar-refractivity contribution is -0.131. The first kappa shape index (κ1) is 14.0. The highest BCUT2D eigenvalue weighted by atomic mass is 16.4. The minimum absolute atomic E-state index is 0.0820. The number of carbonyl (C=O) groups excluding carboxylic acids is 1. The van der Waals surface area contributed by atoms with Crippen LogP contribution in [0.25, 0.3) is 0 Å². The molecule has 0 aliphatic carbocycles. The van der Waals surface area contributed by atoms with Gasteiger partial charge < -0.3 is 10.4 Å². The van der Waals surface area contributed by atoms with E-state index in [2.05, 4.69) is 5.32 Å². The molecule has 1 amide bonds. The van der Waals surface area contributed by atoms with E-state index in [-0.39, 0.29) is 11.9 Å². The third-order valence-corrected chi connectivity index (χ3v) is 2.40. The third kappa shape index (κ3) is 5.84. The number of aliphatic carboxylic acids is 1. The van der Waals surface area contributed by atoms with E-state index in [1.807, 2.05) is 30.3 Å². The van der Waals surface area contributed by atoms with Gasteiger partial charge in [-0.1, -0.05) is 36.4 Å². The van der Waals surface area contributed by atoms with E-state index in [0.717, 1.165) is 11.6 Å². The predicted octanol–water partition coefficient (Wildman–Crippen LogP) is 1.76. The van der Waals surface area contributed by atoms with Crippen molar-refractivity contribution in [3.05, 3.63) is 48.0 Å². The first-order chi connectivity index (χ1) is 8.58. The van der Waals surface area contributed by atoms with Gasteiger partial charge in [-0.05, 0) is 18.9 Å². The summed E-state index contributed by atoms with van der Waals surface area (Å²) in [6, 6.07) is 9.48. The summed E-state index contributed by atoms with van der Waals surface area (Å²) in [6.45, 7) is 1.74. The normalized spacial score (nSPS) is 12.3. The van der Waals surface area contributed by atoms with Gasteiger partial charge in [-0.2, -0.15) is 0 Å². The fourth-order valence-corrected chi connectivity index (χ4v) is 1.50. The van der Waals surface area contributed by atoms with E-state index in [9.17, 15) is 9.59 Å². The molecule has 0 saturated carbocycles. The number of amides is 1. The molecule has 1 atom stereocenters. The molecule has 0 heterocycles. The van der Waals surface area contributed by atoms with Gasteiger partial charge in [0, 0.05) is 18.5 Å². The summed E-state index contributed by atoms with van der Waals surface area (Å²) in [4.78, 5) is 21.9. The minimum atomic E-state index is -1.01. The molecule has 1 aromatic carbocycles. The van der Waals surface area contributed by atoms with Gasteiger partial charge in [0.15, 0.2) is 0 Å². The Kier molecular flexibility index (Phi) is 5.64. The summed E-state index contributed by atoms with van der Waals surface area (Å²) in [5.41, 5.74) is 1.11. The third-order valence-electron chi connectivity index (χ3n) is 2.40. The zero-order valence-corrected chi connectivity index (χ0v) is 10.3. The number of aryl methyl sites for hydroxylation is 1. The van der Waals surface area contributed by atoms with Gasteiger partial charge in [0.25, 0.3) is 0 Å². The van der Waals surface area contributed by atoms with Gasteiger partial charge in [-0.25, -0.2) is 4.79 Å². The van der Waals surface area contributed by atoms with Crippen LogP contribution in [-0.2, 0) is 16.0 Å². The standard InChI is InChI=1S/C14H17NO3/c1-11(7-10-14(17)18)15-13(16)9-8-12-5-3-2-4-6-12/h2-7,10-11H,8-9H2,1H3,(H,15,16)(H,17,18)/b10-7+. The Bertz CT molecular complexity index is 426. The van der Waals surface area contributed by atoms with E-state index in [0.29, 0.717) is 12.8 Å². The molecular weight excluding hydrogens is 230 g/mol. The fraction of sp³-hybridized carbons (Fsp3) is 0.286. The largest absolute Gasteiger partial charge is 0.478 e. The van der Waals surface area contributed by atoms with Crippen molar-refractivity contribution >= 4 is 11.9 Å². The van der Waals surface area contributed by atoms with Crippen LogP contribution in [0.5, 0.6) is 0 Å². The summed E-state index contributed by atoms with van der Waals surface area (Å²) < 4.78 is 0. The number of carboxylic acid groups (broad SMARTS) is 1. The van der Waals surface area contributed by atoms with Crippen LogP contribution in [0.4, 0.5) is 0 Å². The highest BCUT2D eigenvalue weighted by molar-refractivity contribution is 5.80. The zero-order chi connectivity index (χ0) is 13.4. The average molecular weight is 247 g/mol. The first-order valence-electron chi connectivity index (χ1n) is 5.82. The molecule has 0 spiro atoms. The molecule has 0 aliphatic heterocycles. The molecule has 0 fully saturated rings. The fourth-order valence-electron chi connectivity index (χ4n) is 1.50. The molecule has 4 nitrogen and oxygen atoms in total. The van der Waals surface area contributed by atoms with Gasteiger partial charge in [0.1, 0.15) is 0 Å². The van der Waals surface area contributed by atoms with Crippen LogP contribution >= 0.6 is 0 Å². The van der Waals surface area contributed by atoms with Crippen molar-refractivity contribution in [2.24, 2.45) is 0 Å². The van der Waals surface area contributed by atoms with E-state index < -0.39 is 5.97 Å². The second-order valence-corrected chi connectivity index (χ2v) is 4.04. The van der Waals surface area contributed by atoms with Crippen molar-refractivity contribution in [2.75, 3.05) is 0 Å². The molecular formula is C14H17NO3. The smallest absolute Gasteiger partial charge is 0.328 e. The SMILES string of the molecule is CC(/C=C/C(=O)O)NC(=O)CCc1ccccc1. The number of benzene rings is 1. The predicted molar refractivity (Wildman–Crippen MR) is 69.1 cm³/mol. The molecule has 1 unspecified atom stereocenters. The lowest BCUT2D eigenvalue weighted by Gasteiger charge is -2.09. The molecule has 0 radical (unpaired) electrons. The number of hydrogen-bond donors (Lipinski definition) is 2.